The van der Waals surface area contributed by atoms with Crippen molar-refractivity contribution in [2.45, 2.75) is 32.7 Å². The highest BCUT2D eigenvalue weighted by Crippen LogP contribution is 2.25. The summed E-state index contributed by atoms with van der Waals surface area (Å²) in [5.41, 5.74) is 1.27. The van der Waals surface area contributed by atoms with Crippen LogP contribution in [0.3, 0.4) is 0 Å². The number of H-pyrrole nitrogens is 1. The maximum absolute atomic E-state index is 12.1. The second kappa shape index (κ2) is 5.44. The lowest BCUT2D eigenvalue weighted by atomic mass is 10.1. The second-order valence-corrected chi connectivity index (χ2v) is 4.64. The lowest BCUT2D eigenvalue weighted by molar-refractivity contribution is 0.322. The van der Waals surface area contributed by atoms with Gasteiger partial charge in [-0.2, -0.15) is 0 Å². The van der Waals surface area contributed by atoms with Gasteiger partial charge in [0.25, 0.3) is 0 Å². The first-order valence-electron chi connectivity index (χ1n) is 6.10. The van der Waals surface area contributed by atoms with Crippen LogP contribution in [-0.4, -0.2) is 26.0 Å². The van der Waals surface area contributed by atoms with Crippen molar-refractivity contribution in [3.05, 3.63) is 27.3 Å². The average molecular weight is 283 g/mol. The van der Waals surface area contributed by atoms with Crippen LogP contribution in [0, 0.1) is 0 Å². The molecule has 0 atom stereocenters. The Morgan fingerprint density at radius 3 is 2.84 bits per heavy atom. The molecule has 0 aliphatic rings. The molecule has 0 aromatic carbocycles. The molecule has 2 heterocycles. The van der Waals surface area contributed by atoms with Crippen molar-refractivity contribution in [1.29, 1.82) is 0 Å². The minimum absolute atomic E-state index is 0.0485. The fourth-order valence-corrected chi connectivity index (χ4v) is 2.46. The molecule has 6 nitrogen and oxygen atoms in total. The van der Waals surface area contributed by atoms with Crippen LogP contribution in [0.1, 0.15) is 38.3 Å². The number of nitrogens with zero attached hydrogens (tertiary/aromatic N) is 3. The summed E-state index contributed by atoms with van der Waals surface area (Å²) in [6.07, 6.45) is 4.27. The van der Waals surface area contributed by atoms with Crippen molar-refractivity contribution in [2.75, 3.05) is 0 Å². The molecular weight excluding hydrogens is 268 g/mol. The average Bonchev–Trinajstić information content (AvgIpc) is 2.72. The highest BCUT2D eigenvalue weighted by molar-refractivity contribution is 6.34. The standard InChI is InChI=1S/C12H15ClN4O2/c1-3-7(4-2)17-10-8(5-15-19)9(13)6-14-11(10)16-12(17)18/h5-7,19H,3-4H2,1-2H3,(H,14,16,18). The summed E-state index contributed by atoms with van der Waals surface area (Å²) in [4.78, 5) is 18.9. The SMILES string of the molecule is CCC(CC)n1c(=O)[nH]c2ncc(Cl)c(C=NO)c21. The van der Waals surface area contributed by atoms with Crippen molar-refractivity contribution < 1.29 is 5.21 Å². The minimum Gasteiger partial charge on any atom is -0.411 e. The molecule has 2 aromatic rings. The first-order chi connectivity index (χ1) is 9.13. The molecule has 0 bridgehead atoms. The van der Waals surface area contributed by atoms with E-state index in [-0.39, 0.29) is 11.7 Å². The number of pyridine rings is 1. The number of oxime groups is 1. The number of aromatic nitrogens is 3. The number of fused-ring (bicyclic) bond motifs is 1. The van der Waals surface area contributed by atoms with Gasteiger partial charge in [0.05, 0.1) is 16.8 Å². The van der Waals surface area contributed by atoms with Crippen LogP contribution < -0.4 is 5.69 Å². The molecular formula is C12H15ClN4O2. The Hall–Kier alpha value is -1.82. The Balaban J connectivity index is 2.86. The van der Waals surface area contributed by atoms with E-state index in [9.17, 15) is 4.79 Å². The Labute approximate surface area is 114 Å². The van der Waals surface area contributed by atoms with Crippen LogP contribution in [0.4, 0.5) is 0 Å². The van der Waals surface area contributed by atoms with Gasteiger partial charge >= 0.3 is 5.69 Å². The van der Waals surface area contributed by atoms with E-state index in [1.54, 1.807) is 4.57 Å². The third-order valence-corrected chi connectivity index (χ3v) is 3.52. The van der Waals surface area contributed by atoms with Crippen molar-refractivity contribution in [3.63, 3.8) is 0 Å². The van der Waals surface area contributed by atoms with Crippen molar-refractivity contribution >= 4 is 29.0 Å². The quantitative estimate of drug-likeness (QED) is 0.513. The third kappa shape index (κ3) is 2.23. The highest BCUT2D eigenvalue weighted by Gasteiger charge is 2.19. The van der Waals surface area contributed by atoms with Gasteiger partial charge in [0.2, 0.25) is 0 Å². The fourth-order valence-electron chi connectivity index (χ4n) is 2.27. The molecule has 0 spiro atoms. The topological polar surface area (TPSA) is 83.3 Å². The van der Waals surface area contributed by atoms with Gasteiger partial charge in [0.15, 0.2) is 5.65 Å². The van der Waals surface area contributed by atoms with Crippen molar-refractivity contribution in [3.8, 4) is 0 Å². The molecule has 0 radical (unpaired) electrons. The van der Waals surface area contributed by atoms with Gasteiger partial charge in [0.1, 0.15) is 0 Å². The summed E-state index contributed by atoms with van der Waals surface area (Å²) in [6.45, 7) is 4.02. The molecule has 0 saturated carbocycles. The molecule has 7 heteroatoms. The molecule has 2 N–H and O–H groups in total. The van der Waals surface area contributed by atoms with Crippen LogP contribution in [0.5, 0.6) is 0 Å². The van der Waals surface area contributed by atoms with E-state index in [2.05, 4.69) is 15.1 Å². The smallest absolute Gasteiger partial charge is 0.327 e. The van der Waals surface area contributed by atoms with Crippen molar-refractivity contribution in [1.82, 2.24) is 14.5 Å². The zero-order valence-electron chi connectivity index (χ0n) is 10.7. The molecule has 0 saturated heterocycles. The first kappa shape index (κ1) is 13.6. The minimum atomic E-state index is -0.231. The Morgan fingerprint density at radius 1 is 1.58 bits per heavy atom. The van der Waals surface area contributed by atoms with Gasteiger partial charge in [-0.3, -0.25) is 9.55 Å². The number of aromatic amines is 1. The number of hydrogen-bond donors (Lipinski definition) is 2. The second-order valence-electron chi connectivity index (χ2n) is 4.23. The number of nitrogens with one attached hydrogen (secondary N) is 1. The van der Waals surface area contributed by atoms with E-state index in [0.29, 0.717) is 21.7 Å². The Morgan fingerprint density at radius 2 is 2.26 bits per heavy atom. The maximum Gasteiger partial charge on any atom is 0.327 e. The summed E-state index contributed by atoms with van der Waals surface area (Å²) < 4.78 is 1.63. The number of hydrogen-bond acceptors (Lipinski definition) is 4. The van der Waals surface area contributed by atoms with E-state index >= 15 is 0 Å². The molecule has 0 aliphatic carbocycles. The lowest BCUT2D eigenvalue weighted by Crippen LogP contribution is -2.22. The van der Waals surface area contributed by atoms with Gasteiger partial charge in [-0.1, -0.05) is 30.6 Å². The van der Waals surface area contributed by atoms with Crippen LogP contribution in [-0.2, 0) is 0 Å². The highest BCUT2D eigenvalue weighted by atomic mass is 35.5. The Bertz CT molecular complexity index is 670. The van der Waals surface area contributed by atoms with Gasteiger partial charge in [-0.15, -0.1) is 0 Å². The summed E-state index contributed by atoms with van der Waals surface area (Å²) in [5, 5.41) is 12.1. The van der Waals surface area contributed by atoms with E-state index in [0.717, 1.165) is 12.8 Å². The predicted molar refractivity (Wildman–Crippen MR) is 74.4 cm³/mol. The molecule has 0 amide bonds. The maximum atomic E-state index is 12.1. The van der Waals surface area contributed by atoms with E-state index in [4.69, 9.17) is 16.8 Å². The van der Waals surface area contributed by atoms with Crippen LogP contribution in [0.2, 0.25) is 5.02 Å². The van der Waals surface area contributed by atoms with Gasteiger partial charge in [-0.05, 0) is 12.8 Å². The summed E-state index contributed by atoms with van der Waals surface area (Å²) in [7, 11) is 0. The molecule has 102 valence electrons. The largest absolute Gasteiger partial charge is 0.411 e. The predicted octanol–water partition coefficient (Wildman–Crippen LogP) is 2.55. The first-order valence-corrected chi connectivity index (χ1v) is 6.47. The normalized spacial score (nSPS) is 12.0. The molecule has 0 unspecified atom stereocenters. The van der Waals surface area contributed by atoms with Crippen molar-refractivity contribution in [2.24, 2.45) is 5.16 Å². The third-order valence-electron chi connectivity index (χ3n) is 3.22. The molecule has 19 heavy (non-hydrogen) atoms. The Kier molecular flexibility index (Phi) is 3.90. The molecule has 2 rings (SSSR count). The number of halogens is 1. The lowest BCUT2D eigenvalue weighted by Gasteiger charge is -2.15. The molecule has 0 aliphatic heterocycles. The van der Waals surface area contributed by atoms with Crippen LogP contribution in [0.25, 0.3) is 11.2 Å². The monoisotopic (exact) mass is 282 g/mol. The van der Waals surface area contributed by atoms with E-state index in [1.807, 2.05) is 13.8 Å². The van der Waals surface area contributed by atoms with Gasteiger partial charge < -0.3 is 5.21 Å². The summed E-state index contributed by atoms with van der Waals surface area (Å²) >= 11 is 6.06. The van der Waals surface area contributed by atoms with E-state index in [1.165, 1.54) is 12.4 Å². The van der Waals surface area contributed by atoms with Crippen LogP contribution >= 0.6 is 11.6 Å². The molecule has 2 aromatic heterocycles. The van der Waals surface area contributed by atoms with Gasteiger partial charge in [0, 0.05) is 17.8 Å². The molecule has 0 fully saturated rings. The number of imidazole rings is 1. The number of rotatable bonds is 4. The zero-order chi connectivity index (χ0) is 14.0. The van der Waals surface area contributed by atoms with Crippen LogP contribution in [0.15, 0.2) is 16.1 Å². The van der Waals surface area contributed by atoms with Gasteiger partial charge in [-0.25, -0.2) is 9.78 Å². The fraction of sp³-hybridized carbons (Fsp3) is 0.417. The zero-order valence-corrected chi connectivity index (χ0v) is 11.5. The summed E-state index contributed by atoms with van der Waals surface area (Å²) in [5.74, 6) is 0. The summed E-state index contributed by atoms with van der Waals surface area (Å²) in [6, 6.07) is 0.0485. The van der Waals surface area contributed by atoms with E-state index < -0.39 is 0 Å².